The number of hydrogen-bond acceptors (Lipinski definition) is 6. The highest BCUT2D eigenvalue weighted by Crippen LogP contribution is 2.32. The number of nitrogens with zero attached hydrogens (tertiary/aromatic N) is 2. The van der Waals surface area contributed by atoms with Crippen LogP contribution in [-0.4, -0.2) is 54.6 Å². The van der Waals surface area contributed by atoms with Gasteiger partial charge in [-0.25, -0.2) is 0 Å². The van der Waals surface area contributed by atoms with E-state index in [2.05, 4.69) is 26.8 Å². The summed E-state index contributed by atoms with van der Waals surface area (Å²) in [5.74, 6) is -0.904. The van der Waals surface area contributed by atoms with Gasteiger partial charge in [0, 0.05) is 38.0 Å². The van der Waals surface area contributed by atoms with Gasteiger partial charge in [0.05, 0.1) is 5.92 Å². The van der Waals surface area contributed by atoms with Gasteiger partial charge in [-0.3, -0.25) is 14.9 Å². The summed E-state index contributed by atoms with van der Waals surface area (Å²) >= 11 is 0. The van der Waals surface area contributed by atoms with Crippen LogP contribution in [0.3, 0.4) is 0 Å². The van der Waals surface area contributed by atoms with Crippen LogP contribution in [-0.2, 0) is 16.0 Å². The molecule has 1 aromatic carbocycles. The summed E-state index contributed by atoms with van der Waals surface area (Å²) in [5.41, 5.74) is 2.55. The van der Waals surface area contributed by atoms with E-state index in [4.69, 9.17) is 4.52 Å². The Morgan fingerprint density at radius 1 is 1.23 bits per heavy atom. The molecule has 2 amide bonds. The molecule has 0 spiro atoms. The molecule has 2 aliphatic rings. The van der Waals surface area contributed by atoms with Crippen molar-refractivity contribution in [3.63, 3.8) is 0 Å². The van der Waals surface area contributed by atoms with Crippen LogP contribution < -0.4 is 10.6 Å². The number of carbonyl (C=O) groups excluding carboxylic acids is 2. The van der Waals surface area contributed by atoms with Crippen molar-refractivity contribution >= 4 is 22.8 Å². The molecule has 0 aliphatic carbocycles. The van der Waals surface area contributed by atoms with Crippen LogP contribution in [0.5, 0.6) is 0 Å². The summed E-state index contributed by atoms with van der Waals surface area (Å²) < 4.78 is 5.61. The van der Waals surface area contributed by atoms with E-state index in [0.29, 0.717) is 18.5 Å². The number of rotatable bonds is 5. The number of para-hydroxylation sites is 1. The number of fused-ring (bicyclic) bond motifs is 1. The van der Waals surface area contributed by atoms with E-state index in [9.17, 15) is 9.59 Å². The lowest BCUT2D eigenvalue weighted by molar-refractivity contribution is -0.134. The molecule has 1 atom stereocenters. The zero-order valence-corrected chi connectivity index (χ0v) is 14.8. The summed E-state index contributed by atoms with van der Waals surface area (Å²) in [7, 11) is 0. The smallest absolute Gasteiger partial charge is 0.235 e. The molecule has 2 fully saturated rings. The fraction of sp³-hybridized carbons (Fsp3) is 0.526. The van der Waals surface area contributed by atoms with Gasteiger partial charge >= 0.3 is 0 Å². The average Bonchev–Trinajstić information content (AvgIpc) is 3.07. The maximum Gasteiger partial charge on any atom is 0.235 e. The Hall–Kier alpha value is -2.25. The van der Waals surface area contributed by atoms with Crippen molar-refractivity contribution in [2.75, 3.05) is 32.7 Å². The van der Waals surface area contributed by atoms with Crippen LogP contribution in [0.4, 0.5) is 0 Å². The van der Waals surface area contributed by atoms with Crippen molar-refractivity contribution in [3.05, 3.63) is 29.5 Å². The Labute approximate surface area is 152 Å². The highest BCUT2D eigenvalue weighted by atomic mass is 16.5. The number of piperidine rings is 1. The molecule has 0 saturated carbocycles. The average molecular weight is 356 g/mol. The Morgan fingerprint density at radius 3 is 2.88 bits per heavy atom. The van der Waals surface area contributed by atoms with Crippen molar-refractivity contribution in [1.29, 1.82) is 0 Å². The summed E-state index contributed by atoms with van der Waals surface area (Å²) in [6.45, 7) is 5.41. The maximum atomic E-state index is 12.2. The van der Waals surface area contributed by atoms with Gasteiger partial charge in [-0.15, -0.1) is 0 Å². The number of amides is 2. The Morgan fingerprint density at radius 2 is 2.08 bits per heavy atom. The molecular formula is C19H24N4O3. The molecule has 7 heteroatoms. The molecule has 2 saturated heterocycles. The number of aryl methyl sites for hydroxylation is 1. The van der Waals surface area contributed by atoms with Crippen molar-refractivity contribution in [1.82, 2.24) is 20.7 Å². The third-order valence-corrected chi connectivity index (χ3v) is 5.31. The van der Waals surface area contributed by atoms with Crippen LogP contribution in [0.1, 0.15) is 36.4 Å². The fourth-order valence-electron chi connectivity index (χ4n) is 3.87. The number of piperazine rings is 1. The van der Waals surface area contributed by atoms with Gasteiger partial charge in [-0.1, -0.05) is 17.3 Å². The molecule has 0 bridgehead atoms. The SMILES string of the molecule is O=C1CCC(c2noc3c(CCCN4CCNCC4)cccc23)C(=O)N1. The lowest BCUT2D eigenvalue weighted by atomic mass is 9.92. The van der Waals surface area contributed by atoms with Crippen molar-refractivity contribution in [2.24, 2.45) is 0 Å². The lowest BCUT2D eigenvalue weighted by Crippen LogP contribution is -2.43. The topological polar surface area (TPSA) is 87.5 Å². The number of aromatic nitrogens is 1. The van der Waals surface area contributed by atoms with Crippen molar-refractivity contribution in [2.45, 2.75) is 31.6 Å². The normalized spacial score (nSPS) is 21.9. The summed E-state index contributed by atoms with van der Waals surface area (Å²) in [6.07, 6.45) is 2.81. The highest BCUT2D eigenvalue weighted by molar-refractivity contribution is 6.02. The number of imide groups is 1. The van der Waals surface area contributed by atoms with Crippen molar-refractivity contribution in [3.8, 4) is 0 Å². The summed E-state index contributed by atoms with van der Waals surface area (Å²) in [4.78, 5) is 26.0. The largest absolute Gasteiger partial charge is 0.356 e. The maximum absolute atomic E-state index is 12.2. The second-order valence-electron chi connectivity index (χ2n) is 7.06. The van der Waals surface area contributed by atoms with E-state index < -0.39 is 5.92 Å². The van der Waals surface area contributed by atoms with Crippen LogP contribution in [0.15, 0.2) is 22.7 Å². The van der Waals surface area contributed by atoms with E-state index in [-0.39, 0.29) is 11.8 Å². The first-order chi connectivity index (χ1) is 12.7. The van der Waals surface area contributed by atoms with Crippen LogP contribution in [0.2, 0.25) is 0 Å². The van der Waals surface area contributed by atoms with Gasteiger partial charge in [0.1, 0.15) is 5.69 Å². The zero-order valence-electron chi connectivity index (χ0n) is 14.8. The predicted octanol–water partition coefficient (Wildman–Crippen LogP) is 1.19. The molecule has 2 N–H and O–H groups in total. The molecule has 4 rings (SSSR count). The van der Waals surface area contributed by atoms with Crippen LogP contribution >= 0.6 is 0 Å². The van der Waals surface area contributed by atoms with E-state index >= 15 is 0 Å². The van der Waals surface area contributed by atoms with Crippen LogP contribution in [0, 0.1) is 0 Å². The fourth-order valence-corrected chi connectivity index (χ4v) is 3.87. The number of hydrogen-bond donors (Lipinski definition) is 2. The monoisotopic (exact) mass is 356 g/mol. The molecule has 1 aromatic heterocycles. The van der Waals surface area contributed by atoms with Gasteiger partial charge in [0.25, 0.3) is 0 Å². The first kappa shape index (κ1) is 17.2. The molecule has 1 unspecified atom stereocenters. The molecule has 0 radical (unpaired) electrons. The van der Waals surface area contributed by atoms with Gasteiger partial charge in [-0.05, 0) is 37.4 Å². The summed E-state index contributed by atoms with van der Waals surface area (Å²) in [6, 6.07) is 6.01. The van der Waals surface area contributed by atoms with Crippen molar-refractivity contribution < 1.29 is 14.1 Å². The number of nitrogens with one attached hydrogen (secondary N) is 2. The van der Waals surface area contributed by atoms with E-state index in [1.165, 1.54) is 0 Å². The molecule has 7 nitrogen and oxygen atoms in total. The molecule has 26 heavy (non-hydrogen) atoms. The quantitative estimate of drug-likeness (QED) is 0.783. The number of carbonyl (C=O) groups is 2. The molecule has 138 valence electrons. The number of benzene rings is 1. The first-order valence-corrected chi connectivity index (χ1v) is 9.36. The predicted molar refractivity (Wildman–Crippen MR) is 96.8 cm³/mol. The van der Waals surface area contributed by atoms with Gasteiger partial charge < -0.3 is 14.7 Å². The molecule has 2 aliphatic heterocycles. The molecule has 3 heterocycles. The second kappa shape index (κ2) is 7.55. The zero-order chi connectivity index (χ0) is 17.9. The van der Waals surface area contributed by atoms with E-state index in [1.54, 1.807) is 0 Å². The standard InChI is InChI=1S/C19H24N4O3/c24-16-7-6-15(19(25)21-16)17-14-5-1-3-13(18(14)26-22-17)4-2-10-23-11-8-20-9-12-23/h1,3,5,15,20H,2,4,6-12H2,(H,21,24,25). The third kappa shape index (κ3) is 3.50. The van der Waals surface area contributed by atoms with Gasteiger partial charge in [-0.2, -0.15) is 0 Å². The van der Waals surface area contributed by atoms with Crippen LogP contribution in [0.25, 0.3) is 11.0 Å². The Balaban J connectivity index is 1.48. The summed E-state index contributed by atoms with van der Waals surface area (Å²) in [5, 5.41) is 10.8. The van der Waals surface area contributed by atoms with Gasteiger partial charge in [0.15, 0.2) is 5.58 Å². The second-order valence-corrected chi connectivity index (χ2v) is 7.06. The molecular weight excluding hydrogens is 332 g/mol. The Bertz CT molecular complexity index is 810. The third-order valence-electron chi connectivity index (χ3n) is 5.31. The first-order valence-electron chi connectivity index (χ1n) is 9.36. The lowest BCUT2D eigenvalue weighted by Gasteiger charge is -2.27. The van der Waals surface area contributed by atoms with E-state index in [0.717, 1.165) is 62.1 Å². The molecule has 2 aromatic rings. The highest BCUT2D eigenvalue weighted by Gasteiger charge is 2.32. The van der Waals surface area contributed by atoms with Gasteiger partial charge in [0.2, 0.25) is 11.8 Å². The van der Waals surface area contributed by atoms with E-state index in [1.807, 2.05) is 12.1 Å². The Kier molecular flexibility index (Phi) is 4.99. The minimum atomic E-state index is -0.412. The minimum absolute atomic E-state index is 0.215. The minimum Gasteiger partial charge on any atom is -0.356 e.